The molecular weight excluding hydrogens is 406 g/mol. The lowest BCUT2D eigenvalue weighted by atomic mass is 10.1. The van der Waals surface area contributed by atoms with Crippen LogP contribution in [-0.2, 0) is 16.6 Å². The van der Waals surface area contributed by atoms with E-state index in [4.69, 9.17) is 4.42 Å². The van der Waals surface area contributed by atoms with Gasteiger partial charge >= 0.3 is 5.76 Å². The fraction of sp³-hybridized carbons (Fsp3) is 0.333. The number of hydrogen-bond acceptors (Lipinski definition) is 5. The van der Waals surface area contributed by atoms with Crippen molar-refractivity contribution in [1.82, 2.24) is 9.88 Å². The molecular formula is C21H23N3O5S. The van der Waals surface area contributed by atoms with Crippen LogP contribution < -0.4 is 15.4 Å². The number of sulfonamides is 1. The number of benzene rings is 2. The lowest BCUT2D eigenvalue weighted by Gasteiger charge is -2.28. The summed E-state index contributed by atoms with van der Waals surface area (Å²) in [4.78, 5) is 24.7. The first-order chi connectivity index (χ1) is 14.3. The summed E-state index contributed by atoms with van der Waals surface area (Å²) < 4.78 is 32.6. The maximum atomic E-state index is 12.6. The Kier molecular flexibility index (Phi) is 5.38. The number of anilines is 1. The minimum atomic E-state index is -3.29. The first-order valence-corrected chi connectivity index (χ1v) is 11.5. The van der Waals surface area contributed by atoms with Crippen molar-refractivity contribution < 1.29 is 17.6 Å². The van der Waals surface area contributed by atoms with E-state index in [9.17, 15) is 18.0 Å². The van der Waals surface area contributed by atoms with Crippen LogP contribution in [0.4, 0.5) is 5.69 Å². The lowest BCUT2D eigenvalue weighted by molar-refractivity contribution is 0.0936. The van der Waals surface area contributed by atoms with Crippen LogP contribution in [0, 0.1) is 0 Å². The van der Waals surface area contributed by atoms with Gasteiger partial charge in [0, 0.05) is 24.7 Å². The molecule has 0 bridgehead atoms. The number of fused-ring (bicyclic) bond motifs is 1. The average Bonchev–Trinajstić information content (AvgIpc) is 3.03. The molecule has 30 heavy (non-hydrogen) atoms. The quantitative estimate of drug-likeness (QED) is 0.671. The van der Waals surface area contributed by atoms with Gasteiger partial charge in [0.2, 0.25) is 10.0 Å². The molecule has 4 rings (SSSR count). The number of rotatable bonds is 5. The molecule has 1 aliphatic rings. The van der Waals surface area contributed by atoms with Crippen LogP contribution in [0.25, 0.3) is 11.1 Å². The minimum Gasteiger partial charge on any atom is -0.408 e. The van der Waals surface area contributed by atoms with Gasteiger partial charge in [0.25, 0.3) is 5.91 Å². The first-order valence-electron chi connectivity index (χ1n) is 9.85. The third-order valence-corrected chi connectivity index (χ3v) is 7.04. The molecule has 1 fully saturated rings. The van der Waals surface area contributed by atoms with E-state index in [1.54, 1.807) is 49.4 Å². The molecule has 0 saturated carbocycles. The molecule has 3 aromatic rings. The van der Waals surface area contributed by atoms with Crippen molar-refractivity contribution in [2.24, 2.45) is 0 Å². The molecule has 1 atom stereocenters. The summed E-state index contributed by atoms with van der Waals surface area (Å²) in [5.41, 5.74) is 2.17. The highest BCUT2D eigenvalue weighted by Gasteiger charge is 2.26. The van der Waals surface area contributed by atoms with E-state index in [0.717, 1.165) is 6.42 Å². The Hall–Kier alpha value is -3.07. The van der Waals surface area contributed by atoms with E-state index in [1.807, 2.05) is 6.07 Å². The van der Waals surface area contributed by atoms with Crippen molar-refractivity contribution in [1.29, 1.82) is 0 Å². The summed E-state index contributed by atoms with van der Waals surface area (Å²) in [6.45, 7) is 2.53. The van der Waals surface area contributed by atoms with E-state index < -0.39 is 15.8 Å². The number of nitrogens with one attached hydrogen (secondary N) is 1. The van der Waals surface area contributed by atoms with Gasteiger partial charge in [-0.3, -0.25) is 13.7 Å². The summed E-state index contributed by atoms with van der Waals surface area (Å²) >= 11 is 0. The molecule has 0 unspecified atom stereocenters. The van der Waals surface area contributed by atoms with Gasteiger partial charge in [-0.15, -0.1) is 0 Å². The Balaban J connectivity index is 1.44. The number of nitrogens with zero attached hydrogens (tertiary/aromatic N) is 2. The summed E-state index contributed by atoms with van der Waals surface area (Å²) in [5.74, 6) is -0.616. The third-order valence-electron chi connectivity index (χ3n) is 5.17. The third kappa shape index (κ3) is 3.97. The smallest absolute Gasteiger partial charge is 0.408 e. The van der Waals surface area contributed by atoms with Gasteiger partial charge in [0.1, 0.15) is 0 Å². The van der Waals surface area contributed by atoms with Crippen LogP contribution in [0.3, 0.4) is 0 Å². The van der Waals surface area contributed by atoms with Crippen LogP contribution >= 0.6 is 0 Å². The predicted octanol–water partition coefficient (Wildman–Crippen LogP) is 2.34. The topological polar surface area (TPSA) is 102 Å². The molecule has 1 aromatic heterocycles. The van der Waals surface area contributed by atoms with Gasteiger partial charge < -0.3 is 9.73 Å². The van der Waals surface area contributed by atoms with Crippen LogP contribution in [0.2, 0.25) is 0 Å². The number of hydrogen-bond donors (Lipinski definition) is 1. The Morgan fingerprint density at radius 2 is 1.87 bits per heavy atom. The Morgan fingerprint density at radius 1 is 1.13 bits per heavy atom. The number of carbonyl (C=O) groups is 1. The highest BCUT2D eigenvalue weighted by Crippen LogP contribution is 2.23. The Labute approximate surface area is 174 Å². The van der Waals surface area contributed by atoms with Crippen molar-refractivity contribution in [3.63, 3.8) is 0 Å². The van der Waals surface area contributed by atoms with Crippen molar-refractivity contribution in [3.05, 3.63) is 64.6 Å². The molecule has 2 aromatic carbocycles. The van der Waals surface area contributed by atoms with Crippen LogP contribution in [0.5, 0.6) is 0 Å². The monoisotopic (exact) mass is 429 g/mol. The highest BCUT2D eigenvalue weighted by atomic mass is 32.2. The normalized spacial score (nSPS) is 17.0. The Bertz CT molecular complexity index is 1230. The highest BCUT2D eigenvalue weighted by molar-refractivity contribution is 7.92. The largest absolute Gasteiger partial charge is 0.420 e. The van der Waals surface area contributed by atoms with Gasteiger partial charge in [-0.1, -0.05) is 12.1 Å². The zero-order valence-corrected chi connectivity index (χ0v) is 17.4. The van der Waals surface area contributed by atoms with E-state index in [0.29, 0.717) is 35.3 Å². The average molecular weight is 429 g/mol. The van der Waals surface area contributed by atoms with Gasteiger partial charge in [-0.25, -0.2) is 13.2 Å². The van der Waals surface area contributed by atoms with Gasteiger partial charge in [0.05, 0.1) is 17.0 Å². The maximum Gasteiger partial charge on any atom is 0.420 e. The predicted molar refractivity (Wildman–Crippen MR) is 114 cm³/mol. The second kappa shape index (κ2) is 7.98. The fourth-order valence-electron chi connectivity index (χ4n) is 3.67. The summed E-state index contributed by atoms with van der Waals surface area (Å²) in [5, 5.41) is 2.87. The number of aromatic nitrogens is 1. The van der Waals surface area contributed by atoms with Crippen LogP contribution in [-0.4, -0.2) is 37.2 Å². The molecule has 1 saturated heterocycles. The number of oxazole rings is 1. The molecule has 1 aliphatic heterocycles. The van der Waals surface area contributed by atoms with Crippen molar-refractivity contribution in [2.75, 3.05) is 16.6 Å². The zero-order valence-electron chi connectivity index (χ0n) is 16.6. The second-order valence-electron chi connectivity index (χ2n) is 7.46. The second-order valence-corrected chi connectivity index (χ2v) is 9.48. The SMILES string of the molecule is C[C@H](Cn1c(=O)oc2ccccc21)NC(=O)c1ccc(N2CCCCS2(=O)=O)cc1. The summed E-state index contributed by atoms with van der Waals surface area (Å²) in [6.07, 6.45) is 1.49. The molecule has 0 spiro atoms. The molecule has 0 aliphatic carbocycles. The number of amides is 1. The first kappa shape index (κ1) is 20.2. The van der Waals surface area contributed by atoms with Crippen LogP contribution in [0.1, 0.15) is 30.1 Å². The van der Waals surface area contributed by atoms with E-state index in [1.165, 1.54) is 8.87 Å². The zero-order chi connectivity index (χ0) is 21.3. The Morgan fingerprint density at radius 3 is 2.60 bits per heavy atom. The summed E-state index contributed by atoms with van der Waals surface area (Å²) in [6, 6.07) is 13.3. The van der Waals surface area contributed by atoms with Crippen molar-refractivity contribution >= 4 is 32.7 Å². The standard InChI is InChI=1S/C21H23N3O5S/c1-15(14-23-18-6-2-3-7-19(18)29-21(23)26)22-20(25)16-8-10-17(11-9-16)24-12-4-5-13-30(24,27)28/h2-3,6-11,15H,4-5,12-14H2,1H3,(H,22,25)/t15-/m1/s1. The van der Waals surface area contributed by atoms with E-state index >= 15 is 0 Å². The molecule has 158 valence electrons. The van der Waals surface area contributed by atoms with E-state index in [2.05, 4.69) is 5.32 Å². The van der Waals surface area contributed by atoms with Gasteiger partial charge in [0.15, 0.2) is 5.58 Å². The van der Waals surface area contributed by atoms with Gasteiger partial charge in [-0.05, 0) is 56.2 Å². The molecule has 1 amide bonds. The maximum absolute atomic E-state index is 12.6. The fourth-order valence-corrected chi connectivity index (χ4v) is 5.31. The molecule has 1 N–H and O–H groups in total. The number of carbonyl (C=O) groups excluding carboxylic acids is 1. The van der Waals surface area contributed by atoms with E-state index in [-0.39, 0.29) is 24.2 Å². The minimum absolute atomic E-state index is 0.148. The molecule has 8 nitrogen and oxygen atoms in total. The van der Waals surface area contributed by atoms with Crippen molar-refractivity contribution in [2.45, 2.75) is 32.4 Å². The molecule has 0 radical (unpaired) electrons. The lowest BCUT2D eigenvalue weighted by Crippen LogP contribution is -2.38. The molecule has 2 heterocycles. The molecule has 9 heteroatoms. The summed E-state index contributed by atoms with van der Waals surface area (Å²) in [7, 11) is -3.29. The van der Waals surface area contributed by atoms with Crippen LogP contribution in [0.15, 0.2) is 57.7 Å². The van der Waals surface area contributed by atoms with Gasteiger partial charge in [-0.2, -0.15) is 0 Å². The van der Waals surface area contributed by atoms with Crippen molar-refractivity contribution in [3.8, 4) is 0 Å². The number of para-hydroxylation sites is 2.